The molecule has 1 saturated carbocycles. The van der Waals surface area contributed by atoms with Gasteiger partial charge in [-0.2, -0.15) is 0 Å². The second kappa shape index (κ2) is 11.3. The minimum atomic E-state index is -0.114. The first kappa shape index (κ1) is 23.9. The maximum absolute atomic E-state index is 13.3. The third kappa shape index (κ3) is 6.04. The van der Waals surface area contributed by atoms with Crippen molar-refractivity contribution in [2.45, 2.75) is 70.4 Å². The van der Waals surface area contributed by atoms with E-state index >= 15 is 0 Å². The minimum Gasteiger partial charge on any atom is -0.376 e. The molecule has 35 heavy (non-hydrogen) atoms. The molecule has 0 aromatic heterocycles. The summed E-state index contributed by atoms with van der Waals surface area (Å²) in [6, 6.07) is 14.3. The van der Waals surface area contributed by atoms with E-state index in [0.717, 1.165) is 51.1 Å². The molecule has 1 saturated heterocycles. The summed E-state index contributed by atoms with van der Waals surface area (Å²) in [6.07, 6.45) is 9.62. The van der Waals surface area contributed by atoms with Crippen molar-refractivity contribution in [1.29, 1.82) is 0 Å². The average Bonchev–Trinajstić information content (AvgIpc) is 3.60. The van der Waals surface area contributed by atoms with Crippen LogP contribution < -0.4 is 15.5 Å². The molecule has 2 amide bonds. The van der Waals surface area contributed by atoms with Crippen molar-refractivity contribution in [2.24, 2.45) is 5.92 Å². The minimum absolute atomic E-state index is 0.0299. The first-order valence-electron chi connectivity index (χ1n) is 13.3. The van der Waals surface area contributed by atoms with E-state index < -0.39 is 0 Å². The molecule has 1 unspecified atom stereocenters. The monoisotopic (exact) mass is 475 g/mol. The number of hydrogen-bond acceptors (Lipinski definition) is 4. The van der Waals surface area contributed by atoms with Gasteiger partial charge in [0.25, 0.3) is 5.91 Å². The van der Waals surface area contributed by atoms with Gasteiger partial charge in [-0.15, -0.1) is 0 Å². The van der Waals surface area contributed by atoms with Crippen LogP contribution in [0.3, 0.4) is 0 Å². The lowest BCUT2D eigenvalue weighted by molar-refractivity contribution is -0.116. The van der Waals surface area contributed by atoms with E-state index in [1.807, 2.05) is 18.2 Å². The summed E-state index contributed by atoms with van der Waals surface area (Å²) in [5.41, 5.74) is 4.88. The van der Waals surface area contributed by atoms with Gasteiger partial charge in [0, 0.05) is 44.0 Å². The first-order valence-corrected chi connectivity index (χ1v) is 13.3. The molecule has 2 heterocycles. The third-order valence-electron chi connectivity index (χ3n) is 7.76. The van der Waals surface area contributed by atoms with Crippen LogP contribution in [0.5, 0.6) is 0 Å². The summed E-state index contributed by atoms with van der Waals surface area (Å²) in [7, 11) is 0. The van der Waals surface area contributed by atoms with E-state index in [1.54, 1.807) is 0 Å². The highest BCUT2D eigenvalue weighted by atomic mass is 16.5. The molecule has 2 aromatic carbocycles. The summed E-state index contributed by atoms with van der Waals surface area (Å²) >= 11 is 0. The van der Waals surface area contributed by atoms with E-state index in [1.165, 1.54) is 36.8 Å². The third-order valence-corrected chi connectivity index (χ3v) is 7.76. The summed E-state index contributed by atoms with van der Waals surface area (Å²) in [4.78, 5) is 28.3. The van der Waals surface area contributed by atoms with Crippen LogP contribution in [0, 0.1) is 5.92 Å². The number of ether oxygens (including phenoxy) is 1. The fourth-order valence-corrected chi connectivity index (χ4v) is 5.74. The molecule has 2 N–H and O–H groups in total. The Balaban J connectivity index is 1.31. The molecule has 186 valence electrons. The number of hydrogen-bond donors (Lipinski definition) is 2. The van der Waals surface area contributed by atoms with Crippen LogP contribution in [0.25, 0.3) is 0 Å². The molecular weight excluding hydrogens is 438 g/mol. The zero-order chi connectivity index (χ0) is 24.0. The van der Waals surface area contributed by atoms with Gasteiger partial charge in [-0.05, 0) is 60.9 Å². The van der Waals surface area contributed by atoms with Gasteiger partial charge in [0.1, 0.15) is 0 Å². The van der Waals surface area contributed by atoms with Crippen LogP contribution in [0.2, 0.25) is 0 Å². The van der Waals surface area contributed by atoms with Gasteiger partial charge in [-0.3, -0.25) is 9.59 Å². The number of carbonyl (C=O) groups is 2. The Morgan fingerprint density at radius 3 is 2.63 bits per heavy atom. The maximum atomic E-state index is 13.3. The molecule has 0 bridgehead atoms. The van der Waals surface area contributed by atoms with E-state index in [4.69, 9.17) is 4.74 Å². The number of fused-ring (bicyclic) bond motifs is 1. The molecular formula is C29H37N3O3. The Morgan fingerprint density at radius 2 is 1.83 bits per heavy atom. The number of rotatable bonds is 8. The molecule has 1 aliphatic carbocycles. The molecule has 2 aromatic rings. The van der Waals surface area contributed by atoms with Crippen LogP contribution in [-0.4, -0.2) is 37.6 Å². The lowest BCUT2D eigenvalue weighted by Crippen LogP contribution is -2.35. The van der Waals surface area contributed by atoms with Gasteiger partial charge in [-0.1, -0.05) is 49.9 Å². The Hall–Kier alpha value is -2.86. The van der Waals surface area contributed by atoms with Crippen molar-refractivity contribution in [3.8, 4) is 0 Å². The van der Waals surface area contributed by atoms with Gasteiger partial charge in [0.05, 0.1) is 11.7 Å². The quantitative estimate of drug-likeness (QED) is 0.559. The highest BCUT2D eigenvalue weighted by Gasteiger charge is 2.24. The zero-order valence-electron chi connectivity index (χ0n) is 20.6. The Bertz CT molecular complexity index is 1040. The molecule has 1 atom stereocenters. The fourth-order valence-electron chi connectivity index (χ4n) is 5.74. The van der Waals surface area contributed by atoms with E-state index in [-0.39, 0.29) is 17.9 Å². The van der Waals surface area contributed by atoms with Gasteiger partial charge >= 0.3 is 0 Å². The number of nitrogens with zero attached hydrogens (tertiary/aromatic N) is 1. The molecule has 2 fully saturated rings. The predicted octanol–water partition coefficient (Wildman–Crippen LogP) is 5.07. The number of amides is 2. The number of anilines is 2. The van der Waals surface area contributed by atoms with Crippen molar-refractivity contribution < 1.29 is 14.3 Å². The zero-order valence-corrected chi connectivity index (χ0v) is 20.6. The number of carbonyl (C=O) groups excluding carboxylic acids is 2. The van der Waals surface area contributed by atoms with Gasteiger partial charge in [0.15, 0.2) is 0 Å². The highest BCUT2D eigenvalue weighted by molar-refractivity contribution is 6.02. The van der Waals surface area contributed by atoms with Gasteiger partial charge in [0.2, 0.25) is 5.91 Å². The van der Waals surface area contributed by atoms with Crippen LogP contribution in [0.4, 0.5) is 11.4 Å². The highest BCUT2D eigenvalue weighted by Crippen LogP contribution is 2.31. The molecule has 3 aliphatic rings. The molecule has 5 rings (SSSR count). The van der Waals surface area contributed by atoms with Gasteiger partial charge in [-0.25, -0.2) is 0 Å². The maximum Gasteiger partial charge on any atom is 0.253 e. The van der Waals surface area contributed by atoms with E-state index in [0.29, 0.717) is 30.1 Å². The number of benzene rings is 2. The van der Waals surface area contributed by atoms with Crippen molar-refractivity contribution >= 4 is 23.2 Å². The number of nitrogens with one attached hydrogen (secondary N) is 2. The molecule has 0 spiro atoms. The Morgan fingerprint density at radius 1 is 1.00 bits per heavy atom. The topological polar surface area (TPSA) is 70.7 Å². The Labute approximate surface area is 208 Å². The van der Waals surface area contributed by atoms with E-state index in [2.05, 4.69) is 39.8 Å². The first-order chi connectivity index (χ1) is 17.2. The lowest BCUT2D eigenvalue weighted by atomic mass is 9.98. The average molecular weight is 476 g/mol. The van der Waals surface area contributed by atoms with Crippen LogP contribution in [0.1, 0.15) is 72.9 Å². The molecule has 6 nitrogen and oxygen atoms in total. The summed E-state index contributed by atoms with van der Waals surface area (Å²) < 4.78 is 5.69. The second-order valence-corrected chi connectivity index (χ2v) is 10.3. The molecule has 2 aliphatic heterocycles. The van der Waals surface area contributed by atoms with Crippen molar-refractivity contribution in [1.82, 2.24) is 5.32 Å². The molecule has 0 radical (unpaired) electrons. The molecule has 6 heteroatoms. The van der Waals surface area contributed by atoms with Crippen molar-refractivity contribution in [3.63, 3.8) is 0 Å². The fraction of sp³-hybridized carbons (Fsp3) is 0.517. The normalized spacial score (nSPS) is 20.0. The van der Waals surface area contributed by atoms with Crippen LogP contribution in [0.15, 0.2) is 42.5 Å². The largest absolute Gasteiger partial charge is 0.376 e. The van der Waals surface area contributed by atoms with Crippen LogP contribution >= 0.6 is 0 Å². The van der Waals surface area contributed by atoms with Crippen molar-refractivity contribution in [2.75, 3.05) is 29.9 Å². The predicted molar refractivity (Wildman–Crippen MR) is 139 cm³/mol. The smallest absolute Gasteiger partial charge is 0.253 e. The summed E-state index contributed by atoms with van der Waals surface area (Å²) in [5, 5.41) is 6.12. The van der Waals surface area contributed by atoms with E-state index in [9.17, 15) is 9.59 Å². The van der Waals surface area contributed by atoms with Crippen molar-refractivity contribution in [3.05, 3.63) is 59.2 Å². The SMILES string of the molecule is O=C(CCC1CCCC1)Nc1ccc(N2CCc3ccccc3C2)c(C(=O)NCC2CCCO2)c1. The summed E-state index contributed by atoms with van der Waals surface area (Å²) in [5.74, 6) is 0.600. The van der Waals surface area contributed by atoms with Crippen LogP contribution in [-0.2, 0) is 22.5 Å². The Kier molecular flexibility index (Phi) is 7.67. The lowest BCUT2D eigenvalue weighted by Gasteiger charge is -2.32. The standard InChI is InChI=1S/C29H37N3O3/c33-28(14-11-21-6-1-2-7-21)31-24-12-13-27(32-16-15-22-8-3-4-9-23(22)20-32)26(18-24)29(34)30-19-25-10-5-17-35-25/h3-4,8-9,12-13,18,21,25H,1-2,5-7,10-11,14-17,19-20H2,(H,30,34)(H,31,33). The van der Waals surface area contributed by atoms with Gasteiger partial charge < -0.3 is 20.3 Å². The second-order valence-electron chi connectivity index (χ2n) is 10.3. The summed E-state index contributed by atoms with van der Waals surface area (Å²) in [6.45, 7) is 2.91.